The number of ether oxygens (including phenoxy) is 1. The average Bonchev–Trinajstić information content (AvgIpc) is 3.42. The smallest absolute Gasteiger partial charge is 0.258 e. The lowest BCUT2D eigenvalue weighted by Crippen LogP contribution is -2.50. The number of likely N-dealkylation sites (tertiary alicyclic amines) is 1. The molecular weight excluding hydrogens is 364 g/mol. The first-order chi connectivity index (χ1) is 13.6. The number of rotatable bonds is 4. The molecule has 148 valence electrons. The molecule has 2 fully saturated rings. The van der Waals surface area contributed by atoms with Gasteiger partial charge in [0.15, 0.2) is 0 Å². The predicted octanol–water partition coefficient (Wildman–Crippen LogP) is 0.221. The minimum absolute atomic E-state index is 0.0393. The molecule has 2 aromatic rings. The van der Waals surface area contributed by atoms with Crippen molar-refractivity contribution in [2.45, 2.75) is 25.3 Å². The van der Waals surface area contributed by atoms with Crippen LogP contribution in [0.4, 0.5) is 0 Å². The molecule has 28 heavy (non-hydrogen) atoms. The van der Waals surface area contributed by atoms with E-state index in [4.69, 9.17) is 4.74 Å². The van der Waals surface area contributed by atoms with Crippen LogP contribution in [0.1, 0.15) is 29.6 Å². The molecule has 0 radical (unpaired) electrons. The first kappa shape index (κ1) is 18.4. The Hall–Kier alpha value is -3.01. The Bertz CT molecular complexity index is 850. The summed E-state index contributed by atoms with van der Waals surface area (Å²) in [5, 5.41) is 21.2. The summed E-state index contributed by atoms with van der Waals surface area (Å²) in [7, 11) is 0. The lowest BCUT2D eigenvalue weighted by molar-refractivity contribution is -0.132. The molecule has 2 amide bonds. The van der Waals surface area contributed by atoms with E-state index in [1.807, 2.05) is 4.90 Å². The Morgan fingerprint density at radius 3 is 2.79 bits per heavy atom. The summed E-state index contributed by atoms with van der Waals surface area (Å²) in [6.07, 6.45) is 3.67. The van der Waals surface area contributed by atoms with Crippen LogP contribution in [0.15, 0.2) is 24.5 Å². The highest BCUT2D eigenvalue weighted by molar-refractivity contribution is 5.98. The van der Waals surface area contributed by atoms with E-state index in [0.717, 1.165) is 25.9 Å². The van der Waals surface area contributed by atoms with Gasteiger partial charge in [-0.15, -0.1) is 5.10 Å². The minimum atomic E-state index is -0.356. The van der Waals surface area contributed by atoms with Crippen molar-refractivity contribution in [3.05, 3.63) is 30.1 Å². The molecule has 10 nitrogen and oxygen atoms in total. The molecule has 0 bridgehead atoms. The van der Waals surface area contributed by atoms with Crippen molar-refractivity contribution in [1.29, 1.82) is 0 Å². The first-order valence-electron chi connectivity index (χ1n) is 9.36. The number of hydrogen-bond donors (Lipinski definition) is 1. The second kappa shape index (κ2) is 7.93. The lowest BCUT2D eigenvalue weighted by Gasteiger charge is -2.36. The van der Waals surface area contributed by atoms with Gasteiger partial charge in [0.25, 0.3) is 5.91 Å². The lowest BCUT2D eigenvalue weighted by atomic mass is 10.1. The number of phenols is 1. The third-order valence-corrected chi connectivity index (χ3v) is 5.18. The van der Waals surface area contributed by atoms with Crippen molar-refractivity contribution in [3.63, 3.8) is 0 Å². The average molecular weight is 386 g/mol. The summed E-state index contributed by atoms with van der Waals surface area (Å²) in [5.41, 5.74) is 0.706. The molecule has 1 N–H and O–H groups in total. The zero-order valence-electron chi connectivity index (χ0n) is 15.4. The normalized spacial score (nSPS) is 19.8. The zero-order valence-corrected chi connectivity index (χ0v) is 15.4. The highest BCUT2D eigenvalue weighted by Gasteiger charge is 2.32. The van der Waals surface area contributed by atoms with Crippen LogP contribution in [-0.4, -0.2) is 85.8 Å². The highest BCUT2D eigenvalue weighted by Crippen LogP contribution is 2.25. The maximum Gasteiger partial charge on any atom is 0.258 e. The zero-order chi connectivity index (χ0) is 19.5. The van der Waals surface area contributed by atoms with Crippen molar-refractivity contribution >= 4 is 11.8 Å². The second-order valence-corrected chi connectivity index (χ2v) is 6.98. The molecular formula is C18H22N6O4. The number of aromatic hydroxyl groups is 1. The SMILES string of the molecule is O=C(C[C@H]1COCCN1C(=O)c1cc(-n2cnnn2)ccc1O)N1CCCC1. The highest BCUT2D eigenvalue weighted by atomic mass is 16.5. The molecule has 1 aromatic carbocycles. The fraction of sp³-hybridized carbons (Fsp3) is 0.500. The van der Waals surface area contributed by atoms with Crippen LogP contribution in [0, 0.1) is 0 Å². The number of carbonyl (C=O) groups is 2. The Morgan fingerprint density at radius 2 is 2.04 bits per heavy atom. The van der Waals surface area contributed by atoms with E-state index in [-0.39, 0.29) is 35.6 Å². The number of tetrazole rings is 1. The van der Waals surface area contributed by atoms with Gasteiger partial charge in [0.2, 0.25) is 5.91 Å². The second-order valence-electron chi connectivity index (χ2n) is 6.98. The van der Waals surface area contributed by atoms with E-state index in [0.29, 0.717) is 25.4 Å². The first-order valence-corrected chi connectivity index (χ1v) is 9.36. The molecule has 3 heterocycles. The topological polar surface area (TPSA) is 114 Å². The van der Waals surface area contributed by atoms with Crippen molar-refractivity contribution in [1.82, 2.24) is 30.0 Å². The molecule has 0 saturated carbocycles. The Balaban J connectivity index is 1.55. The van der Waals surface area contributed by atoms with Crippen molar-refractivity contribution in [2.75, 3.05) is 32.8 Å². The minimum Gasteiger partial charge on any atom is -0.507 e. The Morgan fingerprint density at radius 1 is 1.21 bits per heavy atom. The Kier molecular flexibility index (Phi) is 5.20. The molecule has 2 saturated heterocycles. The van der Waals surface area contributed by atoms with Gasteiger partial charge in [-0.1, -0.05) is 0 Å². The van der Waals surface area contributed by atoms with E-state index in [1.54, 1.807) is 17.0 Å². The van der Waals surface area contributed by atoms with Gasteiger partial charge in [-0.2, -0.15) is 0 Å². The third-order valence-electron chi connectivity index (χ3n) is 5.18. The number of morpholine rings is 1. The van der Waals surface area contributed by atoms with Crippen LogP contribution < -0.4 is 0 Å². The maximum atomic E-state index is 13.2. The molecule has 2 aliphatic heterocycles. The van der Waals surface area contributed by atoms with Gasteiger partial charge in [-0.25, -0.2) is 4.68 Å². The molecule has 2 aliphatic rings. The summed E-state index contributed by atoms with van der Waals surface area (Å²) < 4.78 is 6.92. The Labute approximate surface area is 161 Å². The molecule has 10 heteroatoms. The van der Waals surface area contributed by atoms with Gasteiger partial charge in [-0.3, -0.25) is 9.59 Å². The summed E-state index contributed by atoms with van der Waals surface area (Å²) in [6.45, 7) is 2.61. The summed E-state index contributed by atoms with van der Waals surface area (Å²) >= 11 is 0. The van der Waals surface area contributed by atoms with E-state index in [1.165, 1.54) is 17.1 Å². The number of carbonyl (C=O) groups excluding carboxylic acids is 2. The van der Waals surface area contributed by atoms with Crippen LogP contribution in [-0.2, 0) is 9.53 Å². The van der Waals surface area contributed by atoms with Crippen LogP contribution in [0.5, 0.6) is 5.75 Å². The summed E-state index contributed by atoms with van der Waals surface area (Å²) in [4.78, 5) is 29.2. The van der Waals surface area contributed by atoms with Crippen LogP contribution in [0.25, 0.3) is 5.69 Å². The van der Waals surface area contributed by atoms with Crippen molar-refractivity contribution < 1.29 is 19.4 Å². The largest absolute Gasteiger partial charge is 0.507 e. The standard InChI is InChI=1S/C18H22N6O4/c25-16-4-3-13(24-12-19-20-21-24)9-15(16)18(27)23-7-8-28-11-14(23)10-17(26)22-5-1-2-6-22/h3-4,9,12,14,25H,1-2,5-8,10-11H2/t14-/m0/s1. The number of nitrogens with zero attached hydrogens (tertiary/aromatic N) is 6. The molecule has 0 spiro atoms. The van der Waals surface area contributed by atoms with E-state index in [2.05, 4.69) is 15.5 Å². The van der Waals surface area contributed by atoms with Gasteiger partial charge < -0.3 is 19.6 Å². The van der Waals surface area contributed by atoms with Gasteiger partial charge in [0, 0.05) is 26.1 Å². The molecule has 0 aliphatic carbocycles. The third kappa shape index (κ3) is 3.68. The number of phenolic OH excluding ortho intramolecular Hbond substituents is 1. The van der Waals surface area contributed by atoms with Gasteiger partial charge >= 0.3 is 0 Å². The number of benzene rings is 1. The number of amides is 2. The predicted molar refractivity (Wildman–Crippen MR) is 96.9 cm³/mol. The monoisotopic (exact) mass is 386 g/mol. The molecule has 1 aromatic heterocycles. The fourth-order valence-corrected chi connectivity index (χ4v) is 3.66. The van der Waals surface area contributed by atoms with Crippen molar-refractivity contribution in [2.24, 2.45) is 0 Å². The van der Waals surface area contributed by atoms with E-state index >= 15 is 0 Å². The van der Waals surface area contributed by atoms with E-state index in [9.17, 15) is 14.7 Å². The van der Waals surface area contributed by atoms with Crippen molar-refractivity contribution in [3.8, 4) is 11.4 Å². The van der Waals surface area contributed by atoms with Crippen LogP contribution in [0.3, 0.4) is 0 Å². The summed E-state index contributed by atoms with van der Waals surface area (Å²) in [6, 6.07) is 4.25. The van der Waals surface area contributed by atoms with Gasteiger partial charge in [0.05, 0.1) is 30.5 Å². The maximum absolute atomic E-state index is 13.2. The van der Waals surface area contributed by atoms with Crippen LogP contribution in [0.2, 0.25) is 0 Å². The number of aromatic nitrogens is 4. The number of hydrogen-bond acceptors (Lipinski definition) is 7. The van der Waals surface area contributed by atoms with Crippen LogP contribution >= 0.6 is 0 Å². The fourth-order valence-electron chi connectivity index (χ4n) is 3.66. The van der Waals surface area contributed by atoms with Gasteiger partial charge in [0.1, 0.15) is 12.1 Å². The quantitative estimate of drug-likeness (QED) is 0.800. The van der Waals surface area contributed by atoms with Gasteiger partial charge in [-0.05, 0) is 41.5 Å². The summed E-state index contributed by atoms with van der Waals surface area (Å²) in [5.74, 6) is -0.426. The molecule has 4 rings (SSSR count). The van der Waals surface area contributed by atoms with E-state index < -0.39 is 0 Å². The molecule has 1 atom stereocenters. The molecule has 0 unspecified atom stereocenters.